The van der Waals surface area contributed by atoms with E-state index in [-0.39, 0.29) is 5.91 Å². The first-order valence-corrected chi connectivity index (χ1v) is 8.16. The molecule has 0 atom stereocenters. The number of primary amides is 1. The van der Waals surface area contributed by atoms with Crippen molar-refractivity contribution in [3.63, 3.8) is 0 Å². The molecule has 3 rings (SSSR count). The smallest absolute Gasteiger partial charge is 0.317 e. The molecule has 0 bridgehead atoms. The summed E-state index contributed by atoms with van der Waals surface area (Å²) < 4.78 is 0. The Hall–Kier alpha value is -3.39. The lowest BCUT2D eigenvalue weighted by atomic mass is 10.2. The van der Waals surface area contributed by atoms with Gasteiger partial charge in [0.25, 0.3) is 5.91 Å². The Bertz CT molecular complexity index is 884. The number of nitrogens with two attached hydrogens (primary N) is 1. The molecule has 1 aliphatic rings. The highest BCUT2D eigenvalue weighted by atomic mass is 32.1. The number of hydrogen-bond donors (Lipinski definition) is 4. The number of pyridine rings is 1. The van der Waals surface area contributed by atoms with Crippen molar-refractivity contribution in [1.29, 1.82) is 0 Å². The maximum atomic E-state index is 12.6. The van der Waals surface area contributed by atoms with Crippen molar-refractivity contribution in [2.75, 3.05) is 5.32 Å². The Labute approximate surface area is 148 Å². The first kappa shape index (κ1) is 16.5. The molecule has 0 spiro atoms. The minimum Gasteiger partial charge on any atom is -0.366 e. The predicted molar refractivity (Wildman–Crippen MR) is 97.7 cm³/mol. The average molecular weight is 353 g/mol. The Morgan fingerprint density at radius 3 is 2.72 bits per heavy atom. The van der Waals surface area contributed by atoms with Crippen LogP contribution in [0, 0.1) is 0 Å². The van der Waals surface area contributed by atoms with Crippen LogP contribution < -0.4 is 21.7 Å². The van der Waals surface area contributed by atoms with E-state index in [0.717, 1.165) is 10.4 Å². The molecule has 0 saturated carbocycles. The minimum atomic E-state index is -0.725. The van der Waals surface area contributed by atoms with Crippen molar-refractivity contribution in [2.24, 2.45) is 5.73 Å². The van der Waals surface area contributed by atoms with Crippen LogP contribution in [0.3, 0.4) is 0 Å². The molecule has 8 heteroatoms. The number of amides is 3. The number of aromatic nitrogens is 1. The highest BCUT2D eigenvalue weighted by molar-refractivity contribution is 7.20. The Kier molecular flexibility index (Phi) is 4.91. The summed E-state index contributed by atoms with van der Waals surface area (Å²) in [5, 5.41) is 8.61. The Morgan fingerprint density at radius 1 is 1.16 bits per heavy atom. The number of thiophene rings is 1. The van der Waals surface area contributed by atoms with Gasteiger partial charge in [-0.1, -0.05) is 6.08 Å². The molecular weight excluding hydrogens is 338 g/mol. The fourth-order valence-corrected chi connectivity index (χ4v) is 3.22. The normalized spacial score (nSPS) is 12.7. The molecule has 3 amide bonds. The fraction of sp³-hybridized carbons (Fsp3) is 0. The van der Waals surface area contributed by atoms with Crippen molar-refractivity contribution >= 4 is 28.3 Å². The van der Waals surface area contributed by atoms with Gasteiger partial charge in [0.05, 0.1) is 11.3 Å². The van der Waals surface area contributed by atoms with Crippen molar-refractivity contribution < 1.29 is 9.59 Å². The van der Waals surface area contributed by atoms with Gasteiger partial charge >= 0.3 is 6.03 Å². The van der Waals surface area contributed by atoms with Gasteiger partial charge in [-0.3, -0.25) is 15.1 Å². The van der Waals surface area contributed by atoms with Gasteiger partial charge in [-0.05, 0) is 35.9 Å². The molecule has 7 nitrogen and oxygen atoms in total. The molecule has 1 aliphatic heterocycles. The maximum absolute atomic E-state index is 12.6. The Morgan fingerprint density at radius 2 is 1.96 bits per heavy atom. The highest BCUT2D eigenvalue weighted by Gasteiger charge is 2.18. The average Bonchev–Trinajstić information content (AvgIpc) is 2.84. The fourth-order valence-electron chi connectivity index (χ4n) is 2.16. The number of hydrogen-bond acceptors (Lipinski definition) is 5. The number of anilines is 1. The molecule has 0 unspecified atom stereocenters. The summed E-state index contributed by atoms with van der Waals surface area (Å²) >= 11 is 1.27. The number of urea groups is 1. The lowest BCUT2D eigenvalue weighted by molar-refractivity contribution is 0.0968. The molecule has 5 N–H and O–H groups in total. The second-order valence-electron chi connectivity index (χ2n) is 5.02. The molecule has 0 aromatic carbocycles. The predicted octanol–water partition coefficient (Wildman–Crippen LogP) is 2.55. The molecule has 2 aromatic rings. The van der Waals surface area contributed by atoms with Crippen molar-refractivity contribution in [2.45, 2.75) is 0 Å². The summed E-state index contributed by atoms with van der Waals surface area (Å²) in [7, 11) is 0. The molecule has 3 heterocycles. The van der Waals surface area contributed by atoms with Crippen LogP contribution in [-0.2, 0) is 0 Å². The van der Waals surface area contributed by atoms with Crippen LogP contribution in [0.2, 0.25) is 0 Å². The zero-order valence-electron chi connectivity index (χ0n) is 13.0. The topological polar surface area (TPSA) is 109 Å². The van der Waals surface area contributed by atoms with Crippen LogP contribution in [0.15, 0.2) is 66.9 Å². The summed E-state index contributed by atoms with van der Waals surface area (Å²) in [6.07, 6.45) is 12.1. The number of nitrogens with one attached hydrogen (secondary N) is 3. The van der Waals surface area contributed by atoms with E-state index in [2.05, 4.69) is 20.9 Å². The van der Waals surface area contributed by atoms with E-state index in [9.17, 15) is 9.59 Å². The molecule has 25 heavy (non-hydrogen) atoms. The van der Waals surface area contributed by atoms with Crippen molar-refractivity contribution in [3.8, 4) is 10.4 Å². The van der Waals surface area contributed by atoms with E-state index in [1.165, 1.54) is 11.3 Å². The lowest BCUT2D eigenvalue weighted by Gasteiger charge is -2.06. The minimum absolute atomic E-state index is 0.335. The van der Waals surface area contributed by atoms with E-state index in [1.54, 1.807) is 43.0 Å². The quantitative estimate of drug-likeness (QED) is 0.677. The lowest BCUT2D eigenvalue weighted by Crippen LogP contribution is -2.25. The standard InChI is InChI=1S/C17H15N5O2S/c18-17(24)22-16-13(9-14(25-16)11-4-7-19-8-5-11)15(23)21-12-3-1-2-6-20-10-12/h1-10,20H,(H,21,23)(H3,18,22,24). The molecule has 0 fully saturated rings. The monoisotopic (exact) mass is 353 g/mol. The summed E-state index contributed by atoms with van der Waals surface area (Å²) in [6, 6.07) is 4.64. The molecular formula is C17H15N5O2S. The zero-order chi connectivity index (χ0) is 17.6. The van der Waals surface area contributed by atoms with E-state index >= 15 is 0 Å². The molecule has 0 aliphatic carbocycles. The van der Waals surface area contributed by atoms with E-state index in [1.807, 2.05) is 18.2 Å². The molecule has 0 radical (unpaired) electrons. The highest BCUT2D eigenvalue weighted by Crippen LogP contribution is 2.35. The molecule has 0 saturated heterocycles. The summed E-state index contributed by atoms with van der Waals surface area (Å²) in [6.45, 7) is 0. The Balaban J connectivity index is 1.90. The van der Waals surface area contributed by atoms with Crippen LogP contribution in [-0.4, -0.2) is 16.9 Å². The van der Waals surface area contributed by atoms with Gasteiger partial charge in [0.1, 0.15) is 5.00 Å². The molecule has 2 aromatic heterocycles. The van der Waals surface area contributed by atoms with Crippen LogP contribution in [0.25, 0.3) is 10.4 Å². The third-order valence-electron chi connectivity index (χ3n) is 3.25. The number of carbonyl (C=O) groups is 2. The molecule has 126 valence electrons. The van der Waals surface area contributed by atoms with E-state index in [4.69, 9.17) is 5.73 Å². The number of allylic oxidation sites excluding steroid dienone is 3. The SMILES string of the molecule is NC(=O)Nc1sc(-c2ccncc2)cc1C(=O)NC1=CNC=CC=C1. The third-order valence-corrected chi connectivity index (χ3v) is 4.35. The zero-order valence-corrected chi connectivity index (χ0v) is 13.8. The van der Waals surface area contributed by atoms with Gasteiger partial charge < -0.3 is 16.4 Å². The van der Waals surface area contributed by atoms with Gasteiger partial charge in [-0.15, -0.1) is 11.3 Å². The number of carbonyl (C=O) groups excluding carboxylic acids is 2. The summed E-state index contributed by atoms with van der Waals surface area (Å²) in [5.74, 6) is -0.347. The first-order chi connectivity index (χ1) is 12.1. The largest absolute Gasteiger partial charge is 0.366 e. The third kappa shape index (κ3) is 4.12. The van der Waals surface area contributed by atoms with Crippen LogP contribution in [0.5, 0.6) is 0 Å². The second-order valence-corrected chi connectivity index (χ2v) is 6.07. The summed E-state index contributed by atoms with van der Waals surface area (Å²) in [5.41, 5.74) is 7.04. The van der Waals surface area contributed by atoms with Crippen molar-refractivity contribution in [1.82, 2.24) is 15.6 Å². The van der Waals surface area contributed by atoms with Gasteiger partial charge in [0.2, 0.25) is 0 Å². The van der Waals surface area contributed by atoms with Crippen LogP contribution in [0.1, 0.15) is 10.4 Å². The maximum Gasteiger partial charge on any atom is 0.317 e. The number of rotatable bonds is 4. The van der Waals surface area contributed by atoms with Gasteiger partial charge in [-0.2, -0.15) is 0 Å². The first-order valence-electron chi connectivity index (χ1n) is 7.35. The van der Waals surface area contributed by atoms with E-state index in [0.29, 0.717) is 16.3 Å². The second kappa shape index (κ2) is 7.45. The van der Waals surface area contributed by atoms with Gasteiger partial charge in [0.15, 0.2) is 0 Å². The van der Waals surface area contributed by atoms with Crippen LogP contribution >= 0.6 is 11.3 Å². The van der Waals surface area contributed by atoms with Gasteiger partial charge in [-0.25, -0.2) is 4.79 Å². The summed E-state index contributed by atoms with van der Waals surface area (Å²) in [4.78, 5) is 28.7. The van der Waals surface area contributed by atoms with Crippen LogP contribution in [0.4, 0.5) is 9.80 Å². The van der Waals surface area contributed by atoms with Gasteiger partial charge in [0, 0.05) is 29.7 Å². The number of nitrogens with zero attached hydrogens (tertiary/aromatic N) is 1. The van der Waals surface area contributed by atoms with E-state index < -0.39 is 6.03 Å². The van der Waals surface area contributed by atoms with Crippen molar-refractivity contribution in [3.05, 3.63) is 72.5 Å².